The van der Waals surface area contributed by atoms with E-state index in [0.29, 0.717) is 0 Å². The quantitative estimate of drug-likeness (QED) is 0.782. The second kappa shape index (κ2) is 5.52. The molecule has 0 unspecified atom stereocenters. The van der Waals surface area contributed by atoms with E-state index in [0.717, 1.165) is 37.8 Å². The Hall–Kier alpha value is -1.69. The molecule has 1 amide bonds. The lowest BCUT2D eigenvalue weighted by Crippen LogP contribution is -2.33. The highest BCUT2D eigenvalue weighted by Gasteiger charge is 2.20. The Morgan fingerprint density at radius 3 is 2.37 bits per heavy atom. The molecular formula is C13H17F2N3O. The summed E-state index contributed by atoms with van der Waals surface area (Å²) in [5.74, 6) is -2.47. The first-order chi connectivity index (χ1) is 8.97. The minimum atomic E-state index is -0.980. The molecule has 0 radical (unpaired) electrons. The van der Waals surface area contributed by atoms with Crippen LogP contribution in [-0.4, -0.2) is 18.0 Å². The minimum absolute atomic E-state index is 0.0583. The third-order valence-corrected chi connectivity index (χ3v) is 3.45. The molecule has 0 heterocycles. The van der Waals surface area contributed by atoms with Crippen molar-refractivity contribution in [3.63, 3.8) is 0 Å². The van der Waals surface area contributed by atoms with E-state index in [-0.39, 0.29) is 17.8 Å². The Morgan fingerprint density at radius 2 is 1.79 bits per heavy atom. The zero-order valence-corrected chi connectivity index (χ0v) is 10.5. The molecule has 1 aromatic carbocycles. The van der Waals surface area contributed by atoms with Crippen molar-refractivity contribution >= 4 is 11.6 Å². The van der Waals surface area contributed by atoms with Gasteiger partial charge in [0.2, 0.25) is 0 Å². The highest BCUT2D eigenvalue weighted by Crippen LogP contribution is 2.24. The van der Waals surface area contributed by atoms with Crippen molar-refractivity contribution in [3.8, 4) is 0 Å². The molecule has 1 aromatic rings. The lowest BCUT2D eigenvalue weighted by atomic mass is 9.91. The monoisotopic (exact) mass is 269 g/mol. The number of benzene rings is 1. The number of amides is 1. The van der Waals surface area contributed by atoms with Gasteiger partial charge >= 0.3 is 0 Å². The molecule has 0 aromatic heterocycles. The highest BCUT2D eigenvalue weighted by molar-refractivity contribution is 5.93. The van der Waals surface area contributed by atoms with Crippen LogP contribution in [0.15, 0.2) is 12.1 Å². The first-order valence-electron chi connectivity index (χ1n) is 6.28. The standard InChI is InChI=1S/C13H17F2N3O/c14-10-6-12(11(15)5-9(10)13(17)19)18-8-3-1-7(16)2-4-8/h5-8,18H,1-4,16H2,(H2,17,19)/t7-,8-. The second-order valence-electron chi connectivity index (χ2n) is 4.93. The molecule has 1 saturated carbocycles. The molecule has 6 heteroatoms. The van der Waals surface area contributed by atoms with Crippen LogP contribution in [0.2, 0.25) is 0 Å². The van der Waals surface area contributed by atoms with Gasteiger partial charge in [0, 0.05) is 18.2 Å². The van der Waals surface area contributed by atoms with E-state index < -0.39 is 23.1 Å². The molecule has 0 atom stereocenters. The first-order valence-corrected chi connectivity index (χ1v) is 6.28. The van der Waals surface area contributed by atoms with Crippen LogP contribution in [0.4, 0.5) is 14.5 Å². The summed E-state index contributed by atoms with van der Waals surface area (Å²) in [5.41, 5.74) is 10.4. The van der Waals surface area contributed by atoms with Crippen LogP contribution in [0.25, 0.3) is 0 Å². The van der Waals surface area contributed by atoms with Crippen LogP contribution >= 0.6 is 0 Å². The summed E-state index contributed by atoms with van der Waals surface area (Å²) >= 11 is 0. The summed E-state index contributed by atoms with van der Waals surface area (Å²) in [6.07, 6.45) is 3.36. The molecule has 0 bridgehead atoms. The lowest BCUT2D eigenvalue weighted by molar-refractivity contribution is 0.0996. The number of hydrogen-bond donors (Lipinski definition) is 3. The minimum Gasteiger partial charge on any atom is -0.380 e. The predicted molar refractivity (Wildman–Crippen MR) is 68.7 cm³/mol. The number of nitrogens with two attached hydrogens (primary N) is 2. The summed E-state index contributed by atoms with van der Waals surface area (Å²) in [6.45, 7) is 0. The molecule has 0 spiro atoms. The van der Waals surface area contributed by atoms with Crippen molar-refractivity contribution in [1.82, 2.24) is 0 Å². The maximum Gasteiger partial charge on any atom is 0.251 e. The smallest absolute Gasteiger partial charge is 0.251 e. The van der Waals surface area contributed by atoms with E-state index >= 15 is 0 Å². The Morgan fingerprint density at radius 1 is 1.16 bits per heavy atom. The van der Waals surface area contributed by atoms with Crippen LogP contribution < -0.4 is 16.8 Å². The van der Waals surface area contributed by atoms with E-state index in [1.165, 1.54) is 0 Å². The van der Waals surface area contributed by atoms with E-state index in [1.807, 2.05) is 0 Å². The number of carbonyl (C=O) groups is 1. The van der Waals surface area contributed by atoms with Gasteiger partial charge in [-0.3, -0.25) is 4.79 Å². The molecular weight excluding hydrogens is 252 g/mol. The average Bonchev–Trinajstić information content (AvgIpc) is 2.35. The van der Waals surface area contributed by atoms with Crippen LogP contribution in [0.1, 0.15) is 36.0 Å². The molecule has 2 rings (SSSR count). The van der Waals surface area contributed by atoms with Gasteiger partial charge in [-0.15, -0.1) is 0 Å². The van der Waals surface area contributed by atoms with Gasteiger partial charge in [0.15, 0.2) is 0 Å². The van der Waals surface area contributed by atoms with Crippen LogP contribution in [0.3, 0.4) is 0 Å². The van der Waals surface area contributed by atoms with Gasteiger partial charge in [-0.25, -0.2) is 8.78 Å². The van der Waals surface area contributed by atoms with Crippen molar-refractivity contribution < 1.29 is 13.6 Å². The zero-order chi connectivity index (χ0) is 14.0. The molecule has 1 aliphatic rings. The summed E-state index contributed by atoms with van der Waals surface area (Å²) < 4.78 is 27.3. The summed E-state index contributed by atoms with van der Waals surface area (Å²) in [7, 11) is 0. The molecule has 1 fully saturated rings. The van der Waals surface area contributed by atoms with Gasteiger partial charge in [0.25, 0.3) is 5.91 Å². The van der Waals surface area contributed by atoms with E-state index in [1.54, 1.807) is 0 Å². The third-order valence-electron chi connectivity index (χ3n) is 3.45. The Balaban J connectivity index is 2.13. The van der Waals surface area contributed by atoms with Gasteiger partial charge < -0.3 is 16.8 Å². The Bertz CT molecular complexity index is 485. The highest BCUT2D eigenvalue weighted by atomic mass is 19.1. The number of anilines is 1. The Kier molecular flexibility index (Phi) is 3.99. The number of nitrogens with one attached hydrogen (secondary N) is 1. The largest absolute Gasteiger partial charge is 0.380 e. The van der Waals surface area contributed by atoms with Crippen molar-refractivity contribution in [2.45, 2.75) is 37.8 Å². The fourth-order valence-corrected chi connectivity index (χ4v) is 2.33. The first kappa shape index (κ1) is 13.7. The van der Waals surface area contributed by atoms with Crippen LogP contribution in [0.5, 0.6) is 0 Å². The van der Waals surface area contributed by atoms with Crippen molar-refractivity contribution in [3.05, 3.63) is 29.3 Å². The summed E-state index contributed by atoms with van der Waals surface area (Å²) in [6, 6.07) is 2.07. The van der Waals surface area contributed by atoms with Crippen molar-refractivity contribution in [2.75, 3.05) is 5.32 Å². The average molecular weight is 269 g/mol. The molecule has 4 nitrogen and oxygen atoms in total. The van der Waals surface area contributed by atoms with Gasteiger partial charge in [-0.2, -0.15) is 0 Å². The molecule has 1 aliphatic carbocycles. The SMILES string of the molecule is NC(=O)c1cc(F)c(N[C@H]2CC[C@H](N)CC2)cc1F. The maximum atomic E-state index is 13.8. The van der Waals surface area contributed by atoms with Crippen LogP contribution in [-0.2, 0) is 0 Å². The van der Waals surface area contributed by atoms with Gasteiger partial charge in [0.05, 0.1) is 11.3 Å². The summed E-state index contributed by atoms with van der Waals surface area (Å²) in [4.78, 5) is 10.9. The normalized spacial score (nSPS) is 23.1. The van der Waals surface area contributed by atoms with E-state index in [9.17, 15) is 13.6 Å². The third kappa shape index (κ3) is 3.20. The number of rotatable bonds is 3. The van der Waals surface area contributed by atoms with Crippen LogP contribution in [0, 0.1) is 11.6 Å². The van der Waals surface area contributed by atoms with Crippen molar-refractivity contribution in [2.24, 2.45) is 11.5 Å². The van der Waals surface area contributed by atoms with Gasteiger partial charge in [-0.1, -0.05) is 0 Å². The topological polar surface area (TPSA) is 81.1 Å². The zero-order valence-electron chi connectivity index (χ0n) is 10.5. The van der Waals surface area contributed by atoms with Crippen molar-refractivity contribution in [1.29, 1.82) is 0 Å². The Labute approximate surface area is 110 Å². The molecule has 104 valence electrons. The predicted octanol–water partition coefficient (Wildman–Crippen LogP) is 1.75. The van der Waals surface area contributed by atoms with E-state index in [4.69, 9.17) is 11.5 Å². The molecule has 19 heavy (non-hydrogen) atoms. The molecule has 0 aliphatic heterocycles. The fraction of sp³-hybridized carbons (Fsp3) is 0.462. The number of primary amides is 1. The second-order valence-corrected chi connectivity index (χ2v) is 4.93. The fourth-order valence-electron chi connectivity index (χ4n) is 2.33. The molecule has 0 saturated heterocycles. The van der Waals surface area contributed by atoms with Gasteiger partial charge in [0.1, 0.15) is 11.6 Å². The van der Waals surface area contributed by atoms with E-state index in [2.05, 4.69) is 5.32 Å². The number of halogens is 2. The summed E-state index contributed by atoms with van der Waals surface area (Å²) in [5, 5.41) is 2.95. The molecule has 5 N–H and O–H groups in total. The number of hydrogen-bond acceptors (Lipinski definition) is 3. The van der Waals surface area contributed by atoms with Gasteiger partial charge in [-0.05, 0) is 31.7 Å². The maximum absolute atomic E-state index is 13.8. The lowest BCUT2D eigenvalue weighted by Gasteiger charge is -2.27. The number of carbonyl (C=O) groups excluding carboxylic acids is 1.